The van der Waals surface area contributed by atoms with Crippen LogP contribution >= 0.6 is 0 Å². The molecule has 4 amide bonds. The van der Waals surface area contributed by atoms with E-state index in [2.05, 4.69) is 30.5 Å². The van der Waals surface area contributed by atoms with E-state index >= 15 is 8.78 Å². The van der Waals surface area contributed by atoms with Gasteiger partial charge in [-0.2, -0.15) is 13.2 Å². The molecule has 1 unspecified atom stereocenters. The molecule has 1 aromatic carbocycles. The number of alkyl carbamates (subject to hydrolysis) is 2. The van der Waals surface area contributed by atoms with Gasteiger partial charge in [0.1, 0.15) is 23.7 Å². The molecule has 1 rings (SSSR count). The second kappa shape index (κ2) is 19.3. The van der Waals surface area contributed by atoms with Gasteiger partial charge in [0.25, 0.3) is 12.3 Å². The maximum atomic E-state index is 15.3. The zero-order valence-electron chi connectivity index (χ0n) is 29.5. The summed E-state index contributed by atoms with van der Waals surface area (Å²) >= 11 is 0. The number of nitrogens with one attached hydrogen (secondary N) is 4. The van der Waals surface area contributed by atoms with Gasteiger partial charge >= 0.3 is 18.4 Å². The van der Waals surface area contributed by atoms with Crippen LogP contribution in [0, 0.1) is 22.5 Å². The highest BCUT2D eigenvalue weighted by atomic mass is 19.4. The predicted octanol–water partition coefficient (Wildman–Crippen LogP) is 2.99. The Kier molecular flexibility index (Phi) is 16.8. The summed E-state index contributed by atoms with van der Waals surface area (Å²) in [6.45, 7) is 2.84. The first-order valence-electron chi connectivity index (χ1n) is 15.3. The first-order chi connectivity index (χ1) is 23.8. The van der Waals surface area contributed by atoms with E-state index < -0.39 is 109 Å². The topological polar surface area (TPSA) is 197 Å². The van der Waals surface area contributed by atoms with Crippen LogP contribution in [0.4, 0.5) is 40.3 Å². The third-order valence-electron chi connectivity index (χ3n) is 7.38. The van der Waals surface area contributed by atoms with E-state index in [4.69, 9.17) is 5.73 Å². The van der Waals surface area contributed by atoms with Crippen LogP contribution in [-0.4, -0.2) is 105 Å². The van der Waals surface area contributed by atoms with Crippen LogP contribution in [0.3, 0.4) is 0 Å². The highest BCUT2D eigenvalue weighted by Crippen LogP contribution is 2.40. The number of aliphatic imine (C=N–C) groups is 1. The van der Waals surface area contributed by atoms with E-state index in [0.29, 0.717) is 13.8 Å². The zero-order chi connectivity index (χ0) is 40.2. The lowest BCUT2D eigenvalue weighted by Crippen LogP contribution is -2.60. The number of carbonyl (C=O) groups is 4. The van der Waals surface area contributed by atoms with Crippen molar-refractivity contribution in [3.05, 3.63) is 41.0 Å². The Bertz CT molecular complexity index is 1440. The van der Waals surface area contributed by atoms with E-state index in [9.17, 15) is 46.2 Å². The minimum Gasteiger partial charge on any atom is -0.453 e. The molecule has 294 valence electrons. The molecule has 3 atom stereocenters. The van der Waals surface area contributed by atoms with Crippen molar-refractivity contribution < 1.29 is 64.5 Å². The van der Waals surface area contributed by atoms with E-state index in [-0.39, 0.29) is 11.3 Å². The van der Waals surface area contributed by atoms with Crippen molar-refractivity contribution in [2.45, 2.75) is 72.0 Å². The Morgan fingerprint density at radius 2 is 1.46 bits per heavy atom. The monoisotopic (exact) mass is 759 g/mol. The van der Waals surface area contributed by atoms with Crippen LogP contribution in [0.5, 0.6) is 0 Å². The number of hydrazine groups is 1. The second-order valence-corrected chi connectivity index (χ2v) is 12.9. The minimum atomic E-state index is -5.00. The van der Waals surface area contributed by atoms with Crippen molar-refractivity contribution in [2.75, 3.05) is 33.9 Å². The fraction of sp³-hybridized carbons (Fsp3) is 0.581. The van der Waals surface area contributed by atoms with E-state index in [0.717, 1.165) is 43.7 Å². The molecule has 0 spiro atoms. The highest BCUT2D eigenvalue weighted by Gasteiger charge is 2.55. The van der Waals surface area contributed by atoms with Gasteiger partial charge in [0.15, 0.2) is 0 Å². The van der Waals surface area contributed by atoms with Crippen molar-refractivity contribution in [2.24, 2.45) is 21.6 Å². The molecule has 0 radical (unpaired) electrons. The number of alkyl halides is 5. The zero-order valence-corrected chi connectivity index (χ0v) is 29.5. The molecule has 0 aliphatic carbocycles. The Morgan fingerprint density at radius 3 is 1.92 bits per heavy atom. The summed E-state index contributed by atoms with van der Waals surface area (Å²) < 4.78 is 105. The van der Waals surface area contributed by atoms with E-state index in [1.165, 1.54) is 0 Å². The molecule has 0 saturated heterocycles. The van der Waals surface area contributed by atoms with Crippen molar-refractivity contribution >= 4 is 35.9 Å². The van der Waals surface area contributed by atoms with Crippen LogP contribution < -0.4 is 27.1 Å². The molecule has 0 bridgehead atoms. The fourth-order valence-electron chi connectivity index (χ4n) is 4.26. The summed E-state index contributed by atoms with van der Waals surface area (Å²) in [4.78, 5) is 53.4. The fourth-order valence-corrected chi connectivity index (χ4v) is 4.26. The van der Waals surface area contributed by atoms with E-state index in [1.54, 1.807) is 26.1 Å². The lowest BCUT2D eigenvalue weighted by molar-refractivity contribution is -0.220. The number of aliphatic hydroxyl groups is 1. The molecule has 0 aromatic heterocycles. The third kappa shape index (κ3) is 13.8. The number of hydrogen-bond acceptors (Lipinski definition) is 10. The summed E-state index contributed by atoms with van der Waals surface area (Å²) in [5.74, 6) is -4.74. The van der Waals surface area contributed by atoms with Crippen molar-refractivity contribution in [3.8, 4) is 0 Å². The molecule has 1 aromatic rings. The number of ether oxygens (including phenoxy) is 2. The van der Waals surface area contributed by atoms with Crippen molar-refractivity contribution in [3.63, 3.8) is 0 Å². The lowest BCUT2D eigenvalue weighted by atomic mass is 9.83. The Balaban J connectivity index is 3.44. The number of allylic oxidation sites excluding steroid dienone is 1. The maximum absolute atomic E-state index is 15.3. The first kappa shape index (κ1) is 45.4. The van der Waals surface area contributed by atoms with Crippen LogP contribution in [0.15, 0.2) is 23.2 Å². The largest absolute Gasteiger partial charge is 0.453 e. The normalized spacial score (nSPS) is 14.5. The van der Waals surface area contributed by atoms with Gasteiger partial charge in [-0.1, -0.05) is 20.8 Å². The van der Waals surface area contributed by atoms with Crippen LogP contribution in [0.1, 0.15) is 45.7 Å². The average Bonchev–Trinajstić information content (AvgIpc) is 3.02. The maximum Gasteiger partial charge on any atom is 0.407 e. The number of amides is 4. The highest BCUT2D eigenvalue weighted by molar-refractivity contribution is 5.87. The Morgan fingerprint density at radius 1 is 0.942 bits per heavy atom. The predicted molar refractivity (Wildman–Crippen MR) is 173 cm³/mol. The van der Waals surface area contributed by atoms with Gasteiger partial charge in [-0.3, -0.25) is 20.0 Å². The number of nitrogens with two attached hydrogens (primary N) is 1. The summed E-state index contributed by atoms with van der Waals surface area (Å²) in [5, 5.41) is 17.8. The Hall–Kier alpha value is -4.66. The standard InChI is InChI=1S/C31H44F7N7O7/c1-29(2,3)23(42-27(49)51-6)26(48)44-45(15-18-19(32)10-16(11-20(18)33)21(39)8-9-40-13-22(34)35)14-17(46)12-41-25(47)24(43-28(50)52-7)30(4,5)31(36,37)38/h8-11,17,22-24,46H,12-15,39H2,1-7H3,(H,41,47)(H,42,49)(H,43,50)(H,44,48)/t17-,23-,24?/m1/s1. The number of halogens is 7. The molecule has 0 aliphatic heterocycles. The smallest absolute Gasteiger partial charge is 0.407 e. The van der Waals surface area contributed by atoms with Crippen molar-refractivity contribution in [1.82, 2.24) is 26.4 Å². The van der Waals surface area contributed by atoms with Gasteiger partial charge in [0.05, 0.1) is 32.3 Å². The second-order valence-electron chi connectivity index (χ2n) is 12.9. The van der Waals surface area contributed by atoms with Gasteiger partial charge in [0.2, 0.25) is 5.91 Å². The molecular formula is C31H44F7N7O7. The first-order valence-corrected chi connectivity index (χ1v) is 15.3. The van der Waals surface area contributed by atoms with Crippen LogP contribution in [-0.2, 0) is 25.6 Å². The van der Waals surface area contributed by atoms with Gasteiger partial charge in [-0.05, 0) is 37.5 Å². The molecule has 0 heterocycles. The summed E-state index contributed by atoms with van der Waals surface area (Å²) in [5.41, 5.74) is 3.20. The molecule has 14 nitrogen and oxygen atoms in total. The van der Waals surface area contributed by atoms with Crippen molar-refractivity contribution in [1.29, 1.82) is 0 Å². The van der Waals surface area contributed by atoms with Gasteiger partial charge in [-0.25, -0.2) is 32.2 Å². The number of hydrogen-bond donors (Lipinski definition) is 6. The Labute approximate surface area is 295 Å². The summed E-state index contributed by atoms with van der Waals surface area (Å²) in [6.07, 6.45) is -9.86. The van der Waals surface area contributed by atoms with Gasteiger partial charge < -0.3 is 36.3 Å². The SMILES string of the molecule is COC(=O)NC(C(=O)NC[C@@H](O)CN(Cc1c(F)cc(C(N)=CC=NCC(F)F)cc1F)NC(=O)[C@@H](NC(=O)OC)C(C)(C)C)C(C)(C)C(F)(F)F. The number of aliphatic hydroxyl groups excluding tert-OH is 1. The molecule has 7 N–H and O–H groups in total. The number of nitrogens with zero attached hydrogens (tertiary/aromatic N) is 2. The molecule has 0 fully saturated rings. The molecule has 0 saturated carbocycles. The lowest BCUT2D eigenvalue weighted by Gasteiger charge is -2.35. The summed E-state index contributed by atoms with van der Waals surface area (Å²) in [7, 11) is 1.90. The third-order valence-corrected chi connectivity index (χ3v) is 7.38. The quantitative estimate of drug-likeness (QED) is 0.0834. The molecule has 0 aliphatic rings. The molecule has 21 heteroatoms. The number of rotatable bonds is 16. The summed E-state index contributed by atoms with van der Waals surface area (Å²) in [6, 6.07) is -1.97. The van der Waals surface area contributed by atoms with Gasteiger partial charge in [-0.15, -0.1) is 0 Å². The molecule has 52 heavy (non-hydrogen) atoms. The average molecular weight is 760 g/mol. The number of benzene rings is 1. The minimum absolute atomic E-state index is 0.201. The molecular weight excluding hydrogens is 715 g/mol. The number of carbonyl (C=O) groups excluding carboxylic acids is 4. The van der Waals surface area contributed by atoms with Gasteiger partial charge in [0, 0.05) is 42.7 Å². The van der Waals surface area contributed by atoms with Crippen LogP contribution in [0.2, 0.25) is 0 Å². The van der Waals surface area contributed by atoms with Crippen LogP contribution in [0.25, 0.3) is 5.70 Å². The van der Waals surface area contributed by atoms with E-state index in [1.807, 2.05) is 0 Å². The number of methoxy groups -OCH3 is 2.